The van der Waals surface area contributed by atoms with Crippen LogP contribution < -0.4 is 0 Å². The Bertz CT molecular complexity index is 231. The van der Waals surface area contributed by atoms with Gasteiger partial charge < -0.3 is 9.94 Å². The molecule has 3 nitrogen and oxygen atoms in total. The molecule has 1 rings (SSSR count). The third-order valence-corrected chi connectivity index (χ3v) is 2.17. The van der Waals surface area contributed by atoms with Gasteiger partial charge in [0.1, 0.15) is 0 Å². The highest BCUT2D eigenvalue weighted by Crippen LogP contribution is 2.18. The number of hydrogen-bond acceptors (Lipinski definition) is 2. The third-order valence-electron chi connectivity index (χ3n) is 2.17. The zero-order valence-corrected chi connectivity index (χ0v) is 8.38. The van der Waals surface area contributed by atoms with Crippen LogP contribution in [-0.4, -0.2) is 22.8 Å². The number of nitrogens with zero attached hydrogens (tertiary/aromatic N) is 1. The van der Waals surface area contributed by atoms with Crippen molar-refractivity contribution in [3.8, 4) is 0 Å². The Morgan fingerprint density at radius 2 is 2.38 bits per heavy atom. The van der Waals surface area contributed by atoms with Crippen LogP contribution in [-0.2, 0) is 4.74 Å². The number of ether oxygens (including phenoxy) is 1. The number of unbranched alkanes of at least 4 members (excludes halogenated alkanes) is 1. The molecule has 13 heavy (non-hydrogen) atoms. The second-order valence-corrected chi connectivity index (χ2v) is 3.97. The van der Waals surface area contributed by atoms with Crippen LogP contribution in [0, 0.1) is 5.21 Å². The molecule has 0 saturated carbocycles. The summed E-state index contributed by atoms with van der Waals surface area (Å²) in [6.45, 7) is 7.91. The molecule has 0 radical (unpaired) electrons. The molecule has 0 amide bonds. The van der Waals surface area contributed by atoms with Crippen molar-refractivity contribution in [3.05, 3.63) is 17.9 Å². The van der Waals surface area contributed by atoms with E-state index in [1.165, 1.54) is 0 Å². The average molecular weight is 183 g/mol. The van der Waals surface area contributed by atoms with Gasteiger partial charge in [0.25, 0.3) is 0 Å². The lowest BCUT2D eigenvalue weighted by atomic mass is 10.1. The molecule has 0 N–H and O–H groups in total. The molecule has 0 aromatic rings. The average Bonchev–Trinajstić information content (AvgIpc) is 2.32. The fourth-order valence-electron chi connectivity index (χ4n) is 1.29. The van der Waals surface area contributed by atoms with E-state index < -0.39 is 0 Å². The summed E-state index contributed by atoms with van der Waals surface area (Å²) in [7, 11) is 0. The van der Waals surface area contributed by atoms with Crippen LogP contribution in [0.3, 0.4) is 0 Å². The Morgan fingerprint density at radius 1 is 1.69 bits per heavy atom. The summed E-state index contributed by atoms with van der Waals surface area (Å²) in [5, 5.41) is 11.6. The largest absolute Gasteiger partial charge is 0.621 e. The first-order valence-electron chi connectivity index (χ1n) is 4.65. The van der Waals surface area contributed by atoms with Crippen LogP contribution in [0.15, 0.2) is 12.7 Å². The second-order valence-electron chi connectivity index (χ2n) is 3.97. The van der Waals surface area contributed by atoms with E-state index in [1.807, 2.05) is 19.9 Å². The Hall–Kier alpha value is -0.990. The van der Waals surface area contributed by atoms with E-state index in [1.54, 1.807) is 0 Å². The Morgan fingerprint density at radius 3 is 2.85 bits per heavy atom. The molecule has 1 aliphatic heterocycles. The van der Waals surface area contributed by atoms with Crippen LogP contribution in [0.25, 0.3) is 0 Å². The van der Waals surface area contributed by atoms with Gasteiger partial charge in [0.2, 0.25) is 5.54 Å². The normalized spacial score (nSPS) is 20.2. The minimum absolute atomic E-state index is 0.385. The van der Waals surface area contributed by atoms with Gasteiger partial charge in [-0.1, -0.05) is 6.08 Å². The van der Waals surface area contributed by atoms with Gasteiger partial charge in [0, 0.05) is 13.8 Å². The smallest absolute Gasteiger partial charge is 0.348 e. The number of hydrogen-bond donors (Lipinski definition) is 0. The van der Waals surface area contributed by atoms with Crippen molar-refractivity contribution in [2.45, 2.75) is 38.6 Å². The lowest BCUT2D eigenvalue weighted by Gasteiger charge is -2.14. The van der Waals surface area contributed by atoms with Crippen LogP contribution in [0.1, 0.15) is 33.1 Å². The summed E-state index contributed by atoms with van der Waals surface area (Å²) in [6.07, 6.45) is 4.45. The first kappa shape index (κ1) is 10.1. The molecule has 0 aromatic heterocycles. The van der Waals surface area contributed by atoms with Crippen LogP contribution in [0.2, 0.25) is 0 Å². The standard InChI is InChI=1S/C10H17NO2/c1-4-5-6-7-9-11(12)10(2,3)8-13-9/h4H,1,5-8H2,2-3H3. The SMILES string of the molecule is C=CCCCC1=[N+]([O-])C(C)(C)CO1. The molecule has 0 saturated heterocycles. The maximum atomic E-state index is 11.6. The molecule has 74 valence electrons. The van der Waals surface area contributed by atoms with Gasteiger partial charge in [-0.3, -0.25) is 0 Å². The molecule has 0 aromatic carbocycles. The molecule has 3 heteroatoms. The fourth-order valence-corrected chi connectivity index (χ4v) is 1.29. The van der Waals surface area contributed by atoms with E-state index in [-0.39, 0.29) is 5.54 Å². The van der Waals surface area contributed by atoms with E-state index in [9.17, 15) is 5.21 Å². The summed E-state index contributed by atoms with van der Waals surface area (Å²) in [5.41, 5.74) is -0.385. The first-order chi connectivity index (χ1) is 6.08. The topological polar surface area (TPSA) is 35.3 Å². The van der Waals surface area contributed by atoms with Crippen molar-refractivity contribution in [1.82, 2.24) is 0 Å². The van der Waals surface area contributed by atoms with Gasteiger partial charge in [-0.05, 0) is 12.8 Å². The van der Waals surface area contributed by atoms with Gasteiger partial charge >= 0.3 is 5.90 Å². The van der Waals surface area contributed by atoms with Gasteiger partial charge in [0.05, 0.1) is 6.42 Å². The molecular weight excluding hydrogens is 166 g/mol. The Labute approximate surface area is 79.3 Å². The quantitative estimate of drug-likeness (QED) is 0.289. The summed E-state index contributed by atoms with van der Waals surface area (Å²) < 4.78 is 6.32. The summed E-state index contributed by atoms with van der Waals surface area (Å²) in [6, 6.07) is 0. The zero-order valence-electron chi connectivity index (χ0n) is 8.38. The van der Waals surface area contributed by atoms with E-state index in [4.69, 9.17) is 4.74 Å². The highest BCUT2D eigenvalue weighted by Gasteiger charge is 2.37. The maximum Gasteiger partial charge on any atom is 0.348 e. The summed E-state index contributed by atoms with van der Waals surface area (Å²) in [5.74, 6) is 0.576. The lowest BCUT2D eigenvalue weighted by Crippen LogP contribution is -2.32. The number of hydroxylamine groups is 1. The minimum atomic E-state index is -0.385. The highest BCUT2D eigenvalue weighted by molar-refractivity contribution is 5.72. The van der Waals surface area contributed by atoms with E-state index in [0.29, 0.717) is 12.5 Å². The molecule has 1 heterocycles. The lowest BCUT2D eigenvalue weighted by molar-refractivity contribution is -0.528. The molecule has 1 aliphatic rings. The van der Waals surface area contributed by atoms with E-state index >= 15 is 0 Å². The van der Waals surface area contributed by atoms with Crippen LogP contribution in [0.4, 0.5) is 0 Å². The summed E-state index contributed by atoms with van der Waals surface area (Å²) in [4.78, 5) is 0. The fraction of sp³-hybridized carbons (Fsp3) is 0.700. The monoisotopic (exact) mass is 183 g/mol. The highest BCUT2D eigenvalue weighted by atomic mass is 16.6. The first-order valence-corrected chi connectivity index (χ1v) is 4.65. The number of allylic oxidation sites excluding steroid dienone is 1. The van der Waals surface area contributed by atoms with Crippen molar-refractivity contribution in [1.29, 1.82) is 0 Å². The molecule has 0 spiro atoms. The third kappa shape index (κ3) is 2.23. The Balaban J connectivity index is 2.50. The molecule has 0 unspecified atom stereocenters. The van der Waals surface area contributed by atoms with Gasteiger partial charge in [-0.15, -0.1) is 6.58 Å². The van der Waals surface area contributed by atoms with E-state index in [0.717, 1.165) is 24.0 Å². The van der Waals surface area contributed by atoms with Crippen molar-refractivity contribution < 1.29 is 9.48 Å². The van der Waals surface area contributed by atoms with Crippen molar-refractivity contribution in [2.24, 2.45) is 0 Å². The van der Waals surface area contributed by atoms with Crippen LogP contribution >= 0.6 is 0 Å². The van der Waals surface area contributed by atoms with Crippen molar-refractivity contribution in [2.75, 3.05) is 6.61 Å². The molecule has 0 bridgehead atoms. The van der Waals surface area contributed by atoms with E-state index in [2.05, 4.69) is 6.58 Å². The second kappa shape index (κ2) is 3.81. The van der Waals surface area contributed by atoms with Gasteiger partial charge in [0.15, 0.2) is 6.61 Å². The van der Waals surface area contributed by atoms with Crippen molar-refractivity contribution in [3.63, 3.8) is 0 Å². The zero-order chi connectivity index (χ0) is 9.90. The molecule has 0 fully saturated rings. The van der Waals surface area contributed by atoms with Gasteiger partial charge in [-0.2, -0.15) is 4.74 Å². The van der Waals surface area contributed by atoms with Crippen molar-refractivity contribution >= 4 is 5.90 Å². The number of rotatable bonds is 4. The maximum absolute atomic E-state index is 11.6. The molecule has 0 atom stereocenters. The molecular formula is C10H17NO2. The van der Waals surface area contributed by atoms with Crippen LogP contribution in [0.5, 0.6) is 0 Å². The Kier molecular flexibility index (Phi) is 2.96. The predicted molar refractivity (Wildman–Crippen MR) is 52.7 cm³/mol. The summed E-state index contributed by atoms with van der Waals surface area (Å²) >= 11 is 0. The predicted octanol–water partition coefficient (Wildman–Crippen LogP) is 2.06. The molecule has 0 aliphatic carbocycles. The minimum Gasteiger partial charge on any atom is -0.621 e. The van der Waals surface area contributed by atoms with Gasteiger partial charge in [-0.25, -0.2) is 0 Å².